The summed E-state index contributed by atoms with van der Waals surface area (Å²) in [5, 5.41) is 3.84. The van der Waals surface area contributed by atoms with E-state index in [9.17, 15) is 4.79 Å². The third-order valence-electron chi connectivity index (χ3n) is 4.40. The number of carbonyl (C=O) groups is 1. The monoisotopic (exact) mass is 294 g/mol. The zero-order valence-corrected chi connectivity index (χ0v) is 12.4. The predicted octanol–water partition coefficient (Wildman–Crippen LogP) is 0.671. The number of hydrogen-bond donors (Lipinski definition) is 0. The van der Waals surface area contributed by atoms with E-state index in [1.165, 1.54) is 6.39 Å². The van der Waals surface area contributed by atoms with Gasteiger partial charge in [0.15, 0.2) is 5.82 Å². The van der Waals surface area contributed by atoms with Crippen molar-refractivity contribution in [3.05, 3.63) is 12.2 Å². The molecule has 2 fully saturated rings. The summed E-state index contributed by atoms with van der Waals surface area (Å²) in [6.07, 6.45) is 4.99. The average Bonchev–Trinajstić information content (AvgIpc) is 3.20. The number of amides is 1. The van der Waals surface area contributed by atoms with Crippen molar-refractivity contribution in [2.24, 2.45) is 0 Å². The molecule has 3 heterocycles. The third-order valence-corrected chi connectivity index (χ3v) is 4.40. The van der Waals surface area contributed by atoms with Gasteiger partial charge in [-0.2, -0.15) is 4.98 Å². The van der Waals surface area contributed by atoms with Gasteiger partial charge in [0.25, 0.3) is 5.91 Å². The van der Waals surface area contributed by atoms with Crippen LogP contribution in [0.2, 0.25) is 0 Å². The number of likely N-dealkylation sites (tertiary alicyclic amines) is 1. The van der Waals surface area contributed by atoms with E-state index in [1.54, 1.807) is 0 Å². The van der Waals surface area contributed by atoms with E-state index in [0.717, 1.165) is 45.4 Å². The molecule has 0 radical (unpaired) electrons. The molecule has 0 aliphatic carbocycles. The predicted molar refractivity (Wildman–Crippen MR) is 74.3 cm³/mol. The summed E-state index contributed by atoms with van der Waals surface area (Å²) < 4.78 is 10.2. The van der Waals surface area contributed by atoms with Crippen molar-refractivity contribution in [1.29, 1.82) is 0 Å². The lowest BCUT2D eigenvalue weighted by atomic mass is 10.0. The Labute approximate surface area is 124 Å². The fourth-order valence-electron chi connectivity index (χ4n) is 3.12. The minimum atomic E-state index is -0.196. The molecular weight excluding hydrogens is 272 g/mol. The molecule has 1 aromatic heterocycles. The van der Waals surface area contributed by atoms with E-state index in [2.05, 4.69) is 22.1 Å². The normalized spacial score (nSPS) is 23.9. The summed E-state index contributed by atoms with van der Waals surface area (Å²) >= 11 is 0. The number of hydrogen-bond acceptors (Lipinski definition) is 6. The lowest BCUT2D eigenvalue weighted by Crippen LogP contribution is -2.48. The van der Waals surface area contributed by atoms with Crippen LogP contribution in [0.5, 0.6) is 0 Å². The van der Waals surface area contributed by atoms with Gasteiger partial charge in [-0.05, 0) is 32.7 Å². The Morgan fingerprint density at radius 1 is 1.43 bits per heavy atom. The second-order valence-corrected chi connectivity index (χ2v) is 5.82. The molecule has 1 unspecified atom stereocenters. The number of nitrogens with zero attached hydrogens (tertiary/aromatic N) is 4. The zero-order valence-electron chi connectivity index (χ0n) is 12.4. The lowest BCUT2D eigenvalue weighted by molar-refractivity contribution is -0.142. The van der Waals surface area contributed by atoms with E-state index in [1.807, 2.05) is 4.90 Å². The molecule has 0 aromatic carbocycles. The van der Waals surface area contributed by atoms with E-state index < -0.39 is 0 Å². The highest BCUT2D eigenvalue weighted by molar-refractivity contribution is 5.81. The highest BCUT2D eigenvalue weighted by atomic mass is 16.5. The number of piperidine rings is 1. The molecule has 2 aliphatic rings. The summed E-state index contributed by atoms with van der Waals surface area (Å²) in [4.78, 5) is 20.5. The van der Waals surface area contributed by atoms with Gasteiger partial charge in [-0.1, -0.05) is 5.16 Å². The molecule has 0 bridgehead atoms. The van der Waals surface area contributed by atoms with Crippen LogP contribution >= 0.6 is 0 Å². The molecule has 3 rings (SSSR count). The van der Waals surface area contributed by atoms with Gasteiger partial charge in [-0.15, -0.1) is 0 Å². The van der Waals surface area contributed by atoms with Crippen LogP contribution in [0, 0.1) is 0 Å². The number of rotatable bonds is 4. The number of carbonyl (C=O) groups excluding carboxylic acids is 1. The quantitative estimate of drug-likeness (QED) is 0.813. The molecular formula is C14H22N4O3. The minimum absolute atomic E-state index is 0.173. The van der Waals surface area contributed by atoms with Crippen molar-refractivity contribution in [3.63, 3.8) is 0 Å². The van der Waals surface area contributed by atoms with Gasteiger partial charge in [0.2, 0.25) is 6.39 Å². The molecule has 1 aromatic rings. The molecule has 116 valence electrons. The highest BCUT2D eigenvalue weighted by Crippen LogP contribution is 2.20. The van der Waals surface area contributed by atoms with E-state index >= 15 is 0 Å². The van der Waals surface area contributed by atoms with Crippen molar-refractivity contribution in [2.75, 3.05) is 26.7 Å². The topological polar surface area (TPSA) is 71.7 Å². The fraction of sp³-hybridized carbons (Fsp3) is 0.786. The zero-order chi connectivity index (χ0) is 14.7. The van der Waals surface area contributed by atoms with E-state index in [-0.39, 0.29) is 12.0 Å². The second kappa shape index (κ2) is 6.53. The molecule has 0 saturated carbocycles. The second-order valence-electron chi connectivity index (χ2n) is 5.82. The first-order valence-electron chi connectivity index (χ1n) is 7.60. The summed E-state index contributed by atoms with van der Waals surface area (Å²) in [6.45, 7) is 3.01. The van der Waals surface area contributed by atoms with Crippen LogP contribution < -0.4 is 0 Å². The first kappa shape index (κ1) is 14.5. The van der Waals surface area contributed by atoms with Gasteiger partial charge in [0.05, 0.1) is 6.54 Å². The highest BCUT2D eigenvalue weighted by Gasteiger charge is 2.31. The van der Waals surface area contributed by atoms with Gasteiger partial charge in [-0.3, -0.25) is 9.69 Å². The molecule has 7 heteroatoms. The van der Waals surface area contributed by atoms with Crippen LogP contribution in [-0.2, 0) is 16.1 Å². The Kier molecular flexibility index (Phi) is 4.50. The van der Waals surface area contributed by atoms with Crippen LogP contribution in [-0.4, -0.2) is 64.7 Å². The maximum Gasteiger partial charge on any atom is 0.251 e. The van der Waals surface area contributed by atoms with Gasteiger partial charge >= 0.3 is 0 Å². The lowest BCUT2D eigenvalue weighted by Gasteiger charge is -2.37. The van der Waals surface area contributed by atoms with Crippen LogP contribution in [0.25, 0.3) is 0 Å². The molecule has 0 spiro atoms. The molecule has 1 atom stereocenters. The first-order chi connectivity index (χ1) is 10.2. The Morgan fingerprint density at radius 3 is 2.86 bits per heavy atom. The molecule has 2 aliphatic heterocycles. The van der Waals surface area contributed by atoms with Crippen LogP contribution in [0.15, 0.2) is 10.9 Å². The van der Waals surface area contributed by atoms with Crippen molar-refractivity contribution in [3.8, 4) is 0 Å². The van der Waals surface area contributed by atoms with Crippen molar-refractivity contribution in [1.82, 2.24) is 19.9 Å². The minimum Gasteiger partial charge on any atom is -0.368 e. The Balaban J connectivity index is 1.47. The Hall–Kier alpha value is -1.47. The van der Waals surface area contributed by atoms with Gasteiger partial charge in [-0.25, -0.2) is 0 Å². The fourth-order valence-corrected chi connectivity index (χ4v) is 3.12. The van der Waals surface area contributed by atoms with Crippen LogP contribution in [0.4, 0.5) is 0 Å². The molecule has 0 N–H and O–H groups in total. The smallest absolute Gasteiger partial charge is 0.251 e. The van der Waals surface area contributed by atoms with E-state index in [0.29, 0.717) is 18.4 Å². The number of ether oxygens (including phenoxy) is 1. The standard InChI is InChI=1S/C14H22N4O3/c1-17(9-13-15-10-21-16-13)11-4-6-18(7-5-11)14(19)12-3-2-8-20-12/h10-12H,2-9H2,1H3. The van der Waals surface area contributed by atoms with Crippen molar-refractivity contribution >= 4 is 5.91 Å². The number of aromatic nitrogens is 2. The Morgan fingerprint density at radius 2 is 2.24 bits per heavy atom. The maximum atomic E-state index is 12.3. The van der Waals surface area contributed by atoms with Gasteiger partial charge < -0.3 is 14.2 Å². The van der Waals surface area contributed by atoms with Crippen molar-refractivity contribution in [2.45, 2.75) is 44.4 Å². The maximum absolute atomic E-state index is 12.3. The summed E-state index contributed by atoms with van der Waals surface area (Å²) in [7, 11) is 2.07. The van der Waals surface area contributed by atoms with Gasteiger partial charge in [0.1, 0.15) is 6.10 Å². The largest absolute Gasteiger partial charge is 0.368 e. The van der Waals surface area contributed by atoms with E-state index in [4.69, 9.17) is 9.26 Å². The first-order valence-corrected chi connectivity index (χ1v) is 7.60. The van der Waals surface area contributed by atoms with Crippen LogP contribution in [0.1, 0.15) is 31.5 Å². The van der Waals surface area contributed by atoms with Gasteiger partial charge in [0, 0.05) is 25.7 Å². The molecule has 1 amide bonds. The molecule has 21 heavy (non-hydrogen) atoms. The SMILES string of the molecule is CN(Cc1ncon1)C1CCN(C(=O)C2CCCO2)CC1. The van der Waals surface area contributed by atoms with Crippen molar-refractivity contribution < 1.29 is 14.1 Å². The average molecular weight is 294 g/mol. The van der Waals surface area contributed by atoms with Crippen LogP contribution in [0.3, 0.4) is 0 Å². The molecule has 2 saturated heterocycles. The summed E-state index contributed by atoms with van der Waals surface area (Å²) in [5.41, 5.74) is 0. The molecule has 7 nitrogen and oxygen atoms in total. The summed E-state index contributed by atoms with van der Waals surface area (Å²) in [5.74, 6) is 0.877. The Bertz CT molecular complexity index is 451. The summed E-state index contributed by atoms with van der Waals surface area (Å²) in [6, 6.07) is 0.456. The third kappa shape index (κ3) is 3.41.